The SMILES string of the molecule is CNS(=O)(=O)c1ccccc1Nc1nc(Nc2ccc(N3CCOCC3)cc2OC)nc2c1C1(CC1)CN2. The lowest BCUT2D eigenvalue weighted by Gasteiger charge is -2.29. The van der Waals surface area contributed by atoms with Gasteiger partial charge in [0.25, 0.3) is 0 Å². The Hall–Kier alpha value is -3.61. The molecule has 3 aliphatic rings. The van der Waals surface area contributed by atoms with Crippen LogP contribution in [-0.2, 0) is 20.2 Å². The van der Waals surface area contributed by atoms with Gasteiger partial charge in [-0.15, -0.1) is 0 Å². The molecule has 2 aliphatic heterocycles. The first-order valence-corrected chi connectivity index (χ1v) is 14.1. The van der Waals surface area contributed by atoms with E-state index in [2.05, 4.69) is 25.6 Å². The van der Waals surface area contributed by atoms with Crippen molar-refractivity contribution >= 4 is 44.7 Å². The van der Waals surface area contributed by atoms with E-state index in [1.165, 1.54) is 7.05 Å². The third-order valence-corrected chi connectivity index (χ3v) is 8.87. The largest absolute Gasteiger partial charge is 0.494 e. The number of aromatic nitrogens is 2. The van der Waals surface area contributed by atoms with Gasteiger partial charge in [0.2, 0.25) is 16.0 Å². The van der Waals surface area contributed by atoms with Crippen molar-refractivity contribution in [3.63, 3.8) is 0 Å². The number of morpholine rings is 1. The van der Waals surface area contributed by atoms with Crippen molar-refractivity contribution in [3.8, 4) is 5.75 Å². The van der Waals surface area contributed by atoms with Crippen molar-refractivity contribution in [2.75, 3.05) is 67.9 Å². The van der Waals surface area contributed by atoms with Gasteiger partial charge in [-0.3, -0.25) is 0 Å². The van der Waals surface area contributed by atoms with Crippen LogP contribution in [0.25, 0.3) is 0 Å². The Kier molecular flexibility index (Phi) is 6.25. The summed E-state index contributed by atoms with van der Waals surface area (Å²) in [7, 11) is -0.636. The molecule has 2 fully saturated rings. The van der Waals surface area contributed by atoms with Crippen molar-refractivity contribution < 1.29 is 17.9 Å². The first kappa shape index (κ1) is 24.7. The molecule has 0 unspecified atom stereocenters. The maximum Gasteiger partial charge on any atom is 0.242 e. The lowest BCUT2D eigenvalue weighted by molar-refractivity contribution is 0.122. The second kappa shape index (κ2) is 9.61. The minimum absolute atomic E-state index is 0.0233. The summed E-state index contributed by atoms with van der Waals surface area (Å²) in [5.74, 6) is 2.38. The van der Waals surface area contributed by atoms with Gasteiger partial charge in [-0.05, 0) is 44.2 Å². The number of nitrogens with zero attached hydrogens (tertiary/aromatic N) is 3. The first-order valence-electron chi connectivity index (χ1n) is 12.7. The van der Waals surface area contributed by atoms with E-state index in [9.17, 15) is 8.42 Å². The smallest absolute Gasteiger partial charge is 0.242 e. The van der Waals surface area contributed by atoms with E-state index in [0.717, 1.165) is 55.2 Å². The molecule has 1 saturated carbocycles. The first-order chi connectivity index (χ1) is 18.4. The average Bonchev–Trinajstić information content (AvgIpc) is 3.63. The molecule has 3 aromatic rings. The third kappa shape index (κ3) is 4.48. The number of benzene rings is 2. The Bertz CT molecular complexity index is 1470. The van der Waals surface area contributed by atoms with Crippen LogP contribution in [0.5, 0.6) is 5.75 Å². The van der Waals surface area contributed by atoms with Gasteiger partial charge in [0.15, 0.2) is 0 Å². The predicted octanol–water partition coefficient (Wildman–Crippen LogP) is 3.17. The number of rotatable bonds is 8. The molecule has 0 radical (unpaired) electrons. The molecular weight excluding hydrogens is 506 g/mol. The summed E-state index contributed by atoms with van der Waals surface area (Å²) in [6, 6.07) is 12.8. The number of nitrogens with one attached hydrogen (secondary N) is 4. The highest BCUT2D eigenvalue weighted by Gasteiger charge is 2.52. The molecule has 0 bridgehead atoms. The van der Waals surface area contributed by atoms with E-state index in [0.29, 0.717) is 36.4 Å². The van der Waals surface area contributed by atoms with Crippen LogP contribution in [0.15, 0.2) is 47.4 Å². The Morgan fingerprint density at radius 2 is 1.84 bits per heavy atom. The summed E-state index contributed by atoms with van der Waals surface area (Å²) >= 11 is 0. The molecular formula is C26H31N7O4S. The van der Waals surface area contributed by atoms with Crippen LogP contribution in [0.3, 0.4) is 0 Å². The number of hydrogen-bond donors (Lipinski definition) is 4. The van der Waals surface area contributed by atoms with Gasteiger partial charge >= 0.3 is 0 Å². The quantitative estimate of drug-likeness (QED) is 0.340. The fraction of sp³-hybridized carbons (Fsp3) is 0.385. The Balaban J connectivity index is 1.36. The van der Waals surface area contributed by atoms with Gasteiger partial charge in [-0.25, -0.2) is 13.1 Å². The van der Waals surface area contributed by atoms with Crippen LogP contribution in [0.1, 0.15) is 18.4 Å². The number of methoxy groups -OCH3 is 1. The van der Waals surface area contributed by atoms with Gasteiger partial charge < -0.3 is 30.3 Å². The predicted molar refractivity (Wildman–Crippen MR) is 147 cm³/mol. The molecule has 200 valence electrons. The van der Waals surface area contributed by atoms with E-state index >= 15 is 0 Å². The zero-order valence-corrected chi connectivity index (χ0v) is 22.2. The summed E-state index contributed by atoms with van der Waals surface area (Å²) in [4.78, 5) is 12.0. The van der Waals surface area contributed by atoms with Crippen LogP contribution < -0.4 is 30.3 Å². The number of para-hydroxylation sites is 1. The highest BCUT2D eigenvalue weighted by molar-refractivity contribution is 7.89. The molecule has 0 amide bonds. The van der Waals surface area contributed by atoms with Crippen LogP contribution in [0, 0.1) is 0 Å². The summed E-state index contributed by atoms with van der Waals surface area (Å²) in [6.45, 7) is 3.85. The molecule has 2 aromatic carbocycles. The number of anilines is 6. The van der Waals surface area contributed by atoms with Gasteiger partial charge in [-0.2, -0.15) is 9.97 Å². The van der Waals surface area contributed by atoms with E-state index < -0.39 is 10.0 Å². The van der Waals surface area contributed by atoms with E-state index in [4.69, 9.17) is 19.4 Å². The molecule has 6 rings (SSSR count). The molecule has 3 heterocycles. The van der Waals surface area contributed by atoms with Crippen LogP contribution in [-0.4, -0.2) is 65.4 Å². The lowest BCUT2D eigenvalue weighted by Crippen LogP contribution is -2.36. The van der Waals surface area contributed by atoms with Crippen LogP contribution in [0.4, 0.5) is 34.6 Å². The van der Waals surface area contributed by atoms with Crippen molar-refractivity contribution in [2.24, 2.45) is 0 Å². The molecule has 1 saturated heterocycles. The molecule has 11 nitrogen and oxygen atoms in total. The molecule has 1 aliphatic carbocycles. The molecule has 4 N–H and O–H groups in total. The highest BCUT2D eigenvalue weighted by atomic mass is 32.2. The minimum Gasteiger partial charge on any atom is -0.494 e. The number of fused-ring (bicyclic) bond motifs is 2. The summed E-state index contributed by atoms with van der Waals surface area (Å²) in [5.41, 5.74) is 3.21. The van der Waals surface area contributed by atoms with Gasteiger partial charge in [0.05, 0.1) is 31.7 Å². The van der Waals surface area contributed by atoms with Gasteiger partial charge in [0.1, 0.15) is 22.3 Å². The Morgan fingerprint density at radius 1 is 1.05 bits per heavy atom. The molecule has 1 aromatic heterocycles. The third-order valence-electron chi connectivity index (χ3n) is 7.39. The van der Waals surface area contributed by atoms with Crippen molar-refractivity contribution in [1.82, 2.24) is 14.7 Å². The van der Waals surface area contributed by atoms with E-state index in [-0.39, 0.29) is 10.3 Å². The van der Waals surface area contributed by atoms with Crippen LogP contribution >= 0.6 is 0 Å². The zero-order valence-electron chi connectivity index (χ0n) is 21.4. The fourth-order valence-electron chi connectivity index (χ4n) is 5.12. The zero-order chi connectivity index (χ0) is 26.3. The van der Waals surface area contributed by atoms with Gasteiger partial charge in [-0.1, -0.05) is 12.1 Å². The Morgan fingerprint density at radius 3 is 2.58 bits per heavy atom. The van der Waals surface area contributed by atoms with Crippen molar-refractivity contribution in [3.05, 3.63) is 48.0 Å². The maximum atomic E-state index is 12.7. The molecule has 12 heteroatoms. The summed E-state index contributed by atoms with van der Waals surface area (Å²) in [6.07, 6.45) is 2.07. The normalized spacial score (nSPS) is 17.6. The number of hydrogen-bond acceptors (Lipinski definition) is 10. The highest BCUT2D eigenvalue weighted by Crippen LogP contribution is 2.56. The topological polar surface area (TPSA) is 130 Å². The summed E-state index contributed by atoms with van der Waals surface area (Å²) in [5, 5.41) is 10.1. The van der Waals surface area contributed by atoms with E-state index in [1.54, 1.807) is 31.4 Å². The Labute approximate surface area is 222 Å². The standard InChI is InChI=1S/C26H31N7O4S/c1-27-38(34,35)21-6-4-3-5-19(21)29-24-22-23(28-16-26(22)9-10-26)31-25(32-24)30-18-8-7-17(15-20(18)36-2)33-11-13-37-14-12-33/h3-8,15,27H,9-14,16H2,1-2H3,(H3,28,29,30,31,32). The molecule has 1 spiro atoms. The monoisotopic (exact) mass is 537 g/mol. The minimum atomic E-state index is -3.67. The fourth-order valence-corrected chi connectivity index (χ4v) is 6.01. The average molecular weight is 538 g/mol. The second-order valence-electron chi connectivity index (χ2n) is 9.69. The number of sulfonamides is 1. The molecule has 0 atom stereocenters. The summed E-state index contributed by atoms with van der Waals surface area (Å²) < 4.78 is 38.9. The van der Waals surface area contributed by atoms with Crippen molar-refractivity contribution in [1.29, 1.82) is 0 Å². The van der Waals surface area contributed by atoms with Gasteiger partial charge in [0, 0.05) is 42.4 Å². The van der Waals surface area contributed by atoms with Crippen molar-refractivity contribution in [2.45, 2.75) is 23.2 Å². The van der Waals surface area contributed by atoms with Crippen LogP contribution in [0.2, 0.25) is 0 Å². The molecule has 38 heavy (non-hydrogen) atoms. The lowest BCUT2D eigenvalue weighted by atomic mass is 10.0. The number of ether oxygens (including phenoxy) is 2. The van der Waals surface area contributed by atoms with E-state index in [1.807, 2.05) is 18.2 Å². The second-order valence-corrected chi connectivity index (χ2v) is 11.5. The maximum absolute atomic E-state index is 12.7.